The van der Waals surface area contributed by atoms with E-state index >= 15 is 0 Å². The zero-order chi connectivity index (χ0) is 34.1. The summed E-state index contributed by atoms with van der Waals surface area (Å²) >= 11 is 0. The van der Waals surface area contributed by atoms with Crippen LogP contribution in [0.1, 0.15) is 64.3 Å². The molecule has 0 bridgehead atoms. The van der Waals surface area contributed by atoms with Gasteiger partial charge in [0.2, 0.25) is 0 Å². The van der Waals surface area contributed by atoms with Crippen molar-refractivity contribution in [3.8, 4) is 16.9 Å². The monoisotopic (exact) mass is 651 g/mol. The number of benzene rings is 4. The lowest BCUT2D eigenvalue weighted by atomic mass is 9.86. The summed E-state index contributed by atoms with van der Waals surface area (Å²) in [5.41, 5.74) is 6.62. The molecule has 0 unspecified atom stereocenters. The number of aromatic nitrogens is 2. The maximum atomic E-state index is 13.2. The summed E-state index contributed by atoms with van der Waals surface area (Å²) in [7, 11) is 0. The van der Waals surface area contributed by atoms with Gasteiger partial charge in [-0.15, -0.1) is 0 Å². The number of hydrogen-bond acceptors (Lipinski definition) is 7. The normalized spacial score (nSPS) is 13.1. The number of nitrogens with zero attached hydrogens (tertiary/aromatic N) is 2. The van der Waals surface area contributed by atoms with Crippen molar-refractivity contribution in [2.75, 3.05) is 18.5 Å². The van der Waals surface area contributed by atoms with Gasteiger partial charge in [-0.05, 0) is 111 Å². The summed E-state index contributed by atoms with van der Waals surface area (Å²) in [6, 6.07) is 29.8. The van der Waals surface area contributed by atoms with E-state index in [1.54, 1.807) is 24.3 Å². The molecule has 0 radical (unpaired) electrons. The van der Waals surface area contributed by atoms with Crippen molar-refractivity contribution in [3.05, 3.63) is 131 Å². The van der Waals surface area contributed by atoms with E-state index in [1.807, 2.05) is 107 Å². The summed E-state index contributed by atoms with van der Waals surface area (Å²) in [6.45, 7) is 8.56. The third-order valence-corrected chi connectivity index (χ3v) is 8.55. The van der Waals surface area contributed by atoms with Crippen LogP contribution in [0.5, 0.6) is 5.75 Å². The largest absolute Gasteiger partial charge is 0.493 e. The first-order valence-electron chi connectivity index (χ1n) is 16.4. The second-order valence-electron chi connectivity index (χ2n) is 13.2. The first kappa shape index (κ1) is 32.0. The van der Waals surface area contributed by atoms with Crippen molar-refractivity contribution < 1.29 is 23.8 Å². The summed E-state index contributed by atoms with van der Waals surface area (Å²) < 4.78 is 18.7. The molecule has 1 atom stereocenters. The number of pyridine rings is 2. The number of carbonyl (C=O) groups excluding carboxylic acids is 2. The number of fused-ring (bicyclic) bond motifs is 1. The predicted octanol–water partition coefficient (Wildman–Crippen LogP) is 8.66. The second kappa shape index (κ2) is 13.1. The molecule has 1 aliphatic rings. The van der Waals surface area contributed by atoms with Gasteiger partial charge in [0, 0.05) is 34.5 Å². The van der Waals surface area contributed by atoms with Crippen LogP contribution < -0.4 is 10.1 Å². The van der Waals surface area contributed by atoms with Crippen LogP contribution in [0.3, 0.4) is 0 Å². The zero-order valence-corrected chi connectivity index (χ0v) is 27.9. The molecule has 0 saturated heterocycles. The SMILES string of the molecule is Cc1cc2nc(NC(=O)c3ccccc3)ccc2c(-c2ccc3c4c(ccnc24)CCO3)c1[C@@H](COC(=O)c1ccccc1)OC(C)(C)C. The fourth-order valence-corrected chi connectivity index (χ4v) is 6.49. The van der Waals surface area contributed by atoms with Gasteiger partial charge in [-0.25, -0.2) is 9.78 Å². The van der Waals surface area contributed by atoms with Crippen molar-refractivity contribution >= 4 is 39.5 Å². The van der Waals surface area contributed by atoms with E-state index in [1.165, 1.54) is 5.56 Å². The smallest absolute Gasteiger partial charge is 0.338 e. The first-order valence-corrected chi connectivity index (χ1v) is 16.4. The van der Waals surface area contributed by atoms with Crippen LogP contribution in [-0.4, -0.2) is 40.7 Å². The number of aryl methyl sites for hydroxylation is 1. The molecule has 0 aliphatic carbocycles. The predicted molar refractivity (Wildman–Crippen MR) is 191 cm³/mol. The summed E-state index contributed by atoms with van der Waals surface area (Å²) in [5.74, 6) is 0.564. The Bertz CT molecular complexity index is 2180. The van der Waals surface area contributed by atoms with Gasteiger partial charge in [0.15, 0.2) is 0 Å². The Morgan fingerprint density at radius 3 is 2.39 bits per heavy atom. The Hall–Kier alpha value is -5.60. The lowest BCUT2D eigenvalue weighted by molar-refractivity contribution is -0.0860. The molecule has 1 amide bonds. The molecule has 0 saturated carbocycles. The Morgan fingerprint density at radius 1 is 0.918 bits per heavy atom. The number of rotatable bonds is 8. The summed E-state index contributed by atoms with van der Waals surface area (Å²) in [6.07, 6.45) is 1.99. The fraction of sp³-hybridized carbons (Fsp3) is 0.220. The topological polar surface area (TPSA) is 99.6 Å². The number of carbonyl (C=O) groups is 2. The molecule has 6 aromatic rings. The Balaban J connectivity index is 1.41. The molecule has 1 N–H and O–H groups in total. The molecule has 7 rings (SSSR count). The molecule has 3 heterocycles. The van der Waals surface area contributed by atoms with E-state index in [0.717, 1.165) is 50.7 Å². The molecular formula is C41H37N3O5. The lowest BCUT2D eigenvalue weighted by Crippen LogP contribution is -2.27. The van der Waals surface area contributed by atoms with Gasteiger partial charge in [0.05, 0.1) is 28.8 Å². The standard InChI is InChI=1S/C41H37N3O5/c1-25-23-31-29(16-18-34(43-31)44-39(45)27-11-7-5-8-12-27)37(30-15-17-32-36-26(20-22-47-32)19-21-42-38(30)36)35(25)33(49-41(2,3)4)24-48-40(46)28-13-9-6-10-14-28/h5-19,21,23,33H,20,22,24H2,1-4H3,(H,43,44,45)/t33-/m1/s1. The molecular weight excluding hydrogens is 614 g/mol. The number of hydrogen-bond donors (Lipinski definition) is 1. The van der Waals surface area contributed by atoms with Gasteiger partial charge in [-0.1, -0.05) is 36.4 Å². The highest BCUT2D eigenvalue weighted by Crippen LogP contribution is 2.45. The van der Waals surface area contributed by atoms with E-state index < -0.39 is 17.7 Å². The minimum absolute atomic E-state index is 0.0131. The van der Waals surface area contributed by atoms with Crippen LogP contribution in [-0.2, 0) is 15.9 Å². The molecule has 0 spiro atoms. The third-order valence-electron chi connectivity index (χ3n) is 8.55. The summed E-state index contributed by atoms with van der Waals surface area (Å²) in [5, 5.41) is 4.77. The molecule has 246 valence electrons. The van der Waals surface area contributed by atoms with E-state index in [0.29, 0.717) is 29.1 Å². The maximum Gasteiger partial charge on any atom is 0.338 e. The first-order chi connectivity index (χ1) is 23.7. The van der Waals surface area contributed by atoms with Gasteiger partial charge < -0.3 is 19.5 Å². The Morgan fingerprint density at radius 2 is 1.65 bits per heavy atom. The maximum absolute atomic E-state index is 13.2. The number of esters is 1. The average Bonchev–Trinajstić information content (AvgIpc) is 3.10. The minimum atomic E-state index is -0.633. The van der Waals surface area contributed by atoms with Crippen molar-refractivity contribution in [1.82, 2.24) is 9.97 Å². The number of anilines is 1. The van der Waals surface area contributed by atoms with Gasteiger partial charge in [-0.2, -0.15) is 0 Å². The zero-order valence-electron chi connectivity index (χ0n) is 27.9. The fourth-order valence-electron chi connectivity index (χ4n) is 6.49. The van der Waals surface area contributed by atoms with E-state index in [2.05, 4.69) is 5.32 Å². The third kappa shape index (κ3) is 6.60. The highest BCUT2D eigenvalue weighted by atomic mass is 16.6. The molecule has 4 aromatic carbocycles. The Kier molecular flexibility index (Phi) is 8.57. The van der Waals surface area contributed by atoms with Crippen molar-refractivity contribution in [2.24, 2.45) is 0 Å². The molecule has 49 heavy (non-hydrogen) atoms. The van der Waals surface area contributed by atoms with Gasteiger partial charge in [0.25, 0.3) is 5.91 Å². The highest BCUT2D eigenvalue weighted by Gasteiger charge is 2.30. The Labute approximate surface area is 285 Å². The van der Waals surface area contributed by atoms with E-state index in [4.69, 9.17) is 24.2 Å². The quantitative estimate of drug-likeness (QED) is 0.164. The van der Waals surface area contributed by atoms with Crippen LogP contribution in [0.2, 0.25) is 0 Å². The second-order valence-corrected chi connectivity index (χ2v) is 13.2. The van der Waals surface area contributed by atoms with Gasteiger partial charge in [-0.3, -0.25) is 9.78 Å². The molecule has 2 aromatic heterocycles. The van der Waals surface area contributed by atoms with Crippen LogP contribution in [0.15, 0.2) is 103 Å². The summed E-state index contributed by atoms with van der Waals surface area (Å²) in [4.78, 5) is 36.0. The number of amides is 1. The van der Waals surface area contributed by atoms with Gasteiger partial charge >= 0.3 is 5.97 Å². The van der Waals surface area contributed by atoms with Crippen molar-refractivity contribution in [3.63, 3.8) is 0 Å². The lowest BCUT2D eigenvalue weighted by Gasteiger charge is -2.31. The molecule has 8 nitrogen and oxygen atoms in total. The van der Waals surface area contributed by atoms with Gasteiger partial charge in [0.1, 0.15) is 24.3 Å². The highest BCUT2D eigenvalue weighted by molar-refractivity contribution is 6.08. The minimum Gasteiger partial charge on any atom is -0.493 e. The van der Waals surface area contributed by atoms with E-state index in [-0.39, 0.29) is 12.5 Å². The van der Waals surface area contributed by atoms with Crippen LogP contribution in [0, 0.1) is 6.92 Å². The number of ether oxygens (including phenoxy) is 3. The van der Waals surface area contributed by atoms with Crippen LogP contribution in [0.25, 0.3) is 32.9 Å². The molecule has 8 heteroatoms. The van der Waals surface area contributed by atoms with E-state index in [9.17, 15) is 9.59 Å². The number of nitrogens with one attached hydrogen (secondary N) is 1. The van der Waals surface area contributed by atoms with Crippen LogP contribution in [0.4, 0.5) is 5.82 Å². The molecule has 0 fully saturated rings. The average molecular weight is 652 g/mol. The van der Waals surface area contributed by atoms with Crippen molar-refractivity contribution in [2.45, 2.75) is 45.8 Å². The van der Waals surface area contributed by atoms with Crippen molar-refractivity contribution in [1.29, 1.82) is 0 Å². The van der Waals surface area contributed by atoms with Crippen LogP contribution >= 0.6 is 0 Å². The molecule has 1 aliphatic heterocycles.